The van der Waals surface area contributed by atoms with Crippen LogP contribution >= 0.6 is 0 Å². The molecule has 17 heavy (non-hydrogen) atoms. The number of hydrogen-bond acceptors (Lipinski definition) is 3. The highest BCUT2D eigenvalue weighted by atomic mass is 16.3. The summed E-state index contributed by atoms with van der Waals surface area (Å²) in [6.45, 7) is 2.24. The van der Waals surface area contributed by atoms with Gasteiger partial charge >= 0.3 is 0 Å². The van der Waals surface area contributed by atoms with Crippen LogP contribution in [-0.2, 0) is 6.42 Å². The monoisotopic (exact) mass is 234 g/mol. The van der Waals surface area contributed by atoms with Crippen molar-refractivity contribution in [2.45, 2.75) is 45.1 Å². The molecule has 1 heterocycles. The number of aromatic nitrogens is 1. The zero-order chi connectivity index (χ0) is 12.3. The van der Waals surface area contributed by atoms with Gasteiger partial charge in [-0.2, -0.15) is 0 Å². The number of hydrogen-bond donors (Lipinski definition) is 2. The van der Waals surface area contributed by atoms with E-state index in [1.807, 2.05) is 12.1 Å². The summed E-state index contributed by atoms with van der Waals surface area (Å²) in [5, 5.41) is 10.2. The molecule has 3 N–H and O–H groups in total. The minimum Gasteiger partial charge on any atom is -0.392 e. The highest BCUT2D eigenvalue weighted by Crippen LogP contribution is 2.35. The Labute approximate surface area is 103 Å². The SMILES string of the molecule is CCC1CCC(C(O)Cc2ccnc(N)c2)C1. The van der Waals surface area contributed by atoms with Crippen LogP contribution in [0, 0.1) is 11.8 Å². The Morgan fingerprint density at radius 2 is 2.35 bits per heavy atom. The maximum absolute atomic E-state index is 10.2. The predicted molar refractivity (Wildman–Crippen MR) is 69.5 cm³/mol. The second-order valence-corrected chi connectivity index (χ2v) is 5.21. The standard InChI is InChI=1S/C14H22N2O/c1-2-10-3-4-12(7-10)13(17)8-11-5-6-16-14(15)9-11/h5-6,9-10,12-13,17H,2-4,7-8H2,1H3,(H2,15,16). The van der Waals surface area contributed by atoms with Crippen molar-refractivity contribution in [3.05, 3.63) is 23.9 Å². The Hall–Kier alpha value is -1.09. The Kier molecular flexibility index (Phi) is 4.00. The molecule has 3 heteroatoms. The van der Waals surface area contributed by atoms with Gasteiger partial charge in [-0.1, -0.05) is 19.8 Å². The average Bonchev–Trinajstić information content (AvgIpc) is 2.77. The third-order valence-corrected chi connectivity index (χ3v) is 3.99. The maximum Gasteiger partial charge on any atom is 0.123 e. The number of nitrogen functional groups attached to an aromatic ring is 1. The van der Waals surface area contributed by atoms with Gasteiger partial charge in [0, 0.05) is 6.20 Å². The van der Waals surface area contributed by atoms with Crippen molar-refractivity contribution in [1.29, 1.82) is 0 Å². The van der Waals surface area contributed by atoms with Crippen molar-refractivity contribution >= 4 is 5.82 Å². The van der Waals surface area contributed by atoms with Crippen molar-refractivity contribution in [2.75, 3.05) is 5.73 Å². The molecule has 94 valence electrons. The number of aliphatic hydroxyl groups excluding tert-OH is 1. The number of nitrogens with zero attached hydrogens (tertiary/aromatic N) is 1. The van der Waals surface area contributed by atoms with Crippen molar-refractivity contribution < 1.29 is 5.11 Å². The molecule has 1 fully saturated rings. The van der Waals surface area contributed by atoms with Gasteiger partial charge in [-0.25, -0.2) is 4.98 Å². The molecule has 2 rings (SSSR count). The Morgan fingerprint density at radius 1 is 1.53 bits per heavy atom. The van der Waals surface area contributed by atoms with Gasteiger partial charge in [0.25, 0.3) is 0 Å². The number of nitrogens with two attached hydrogens (primary N) is 1. The van der Waals surface area contributed by atoms with Gasteiger partial charge in [-0.05, 0) is 48.8 Å². The predicted octanol–water partition coefficient (Wildman–Crippen LogP) is 2.39. The molecule has 0 aromatic carbocycles. The molecule has 1 saturated carbocycles. The lowest BCUT2D eigenvalue weighted by molar-refractivity contribution is 0.108. The van der Waals surface area contributed by atoms with E-state index in [1.54, 1.807) is 6.20 Å². The van der Waals surface area contributed by atoms with Crippen molar-refractivity contribution in [1.82, 2.24) is 4.98 Å². The third kappa shape index (κ3) is 3.19. The van der Waals surface area contributed by atoms with E-state index in [0.717, 1.165) is 11.5 Å². The summed E-state index contributed by atoms with van der Waals surface area (Å²) >= 11 is 0. The van der Waals surface area contributed by atoms with Crippen LogP contribution in [0.15, 0.2) is 18.3 Å². The minimum atomic E-state index is -0.228. The second kappa shape index (κ2) is 5.50. The van der Waals surface area contributed by atoms with E-state index >= 15 is 0 Å². The first-order chi connectivity index (χ1) is 8.19. The Balaban J connectivity index is 1.91. The van der Waals surface area contributed by atoms with E-state index in [0.29, 0.717) is 18.2 Å². The Bertz CT molecular complexity index is 367. The quantitative estimate of drug-likeness (QED) is 0.841. The molecule has 0 amide bonds. The first-order valence-electron chi connectivity index (χ1n) is 6.57. The smallest absolute Gasteiger partial charge is 0.123 e. The zero-order valence-corrected chi connectivity index (χ0v) is 10.5. The fourth-order valence-corrected chi connectivity index (χ4v) is 2.86. The molecule has 1 aromatic heterocycles. The first kappa shape index (κ1) is 12.4. The van der Waals surface area contributed by atoms with E-state index in [-0.39, 0.29) is 6.10 Å². The van der Waals surface area contributed by atoms with E-state index in [9.17, 15) is 5.11 Å². The van der Waals surface area contributed by atoms with E-state index in [4.69, 9.17) is 5.73 Å². The van der Waals surface area contributed by atoms with Gasteiger partial charge in [0.15, 0.2) is 0 Å². The highest BCUT2D eigenvalue weighted by Gasteiger charge is 2.28. The first-order valence-corrected chi connectivity index (χ1v) is 6.57. The van der Waals surface area contributed by atoms with Crippen molar-refractivity contribution in [3.63, 3.8) is 0 Å². The molecular formula is C14H22N2O. The average molecular weight is 234 g/mol. The highest BCUT2D eigenvalue weighted by molar-refractivity contribution is 5.32. The lowest BCUT2D eigenvalue weighted by Crippen LogP contribution is -2.20. The summed E-state index contributed by atoms with van der Waals surface area (Å²) in [5.41, 5.74) is 6.73. The van der Waals surface area contributed by atoms with Gasteiger partial charge in [0.1, 0.15) is 5.82 Å². The summed E-state index contributed by atoms with van der Waals surface area (Å²) in [6, 6.07) is 3.79. The largest absolute Gasteiger partial charge is 0.392 e. The molecule has 3 unspecified atom stereocenters. The van der Waals surface area contributed by atoms with Gasteiger partial charge in [-0.3, -0.25) is 0 Å². The third-order valence-electron chi connectivity index (χ3n) is 3.99. The zero-order valence-electron chi connectivity index (χ0n) is 10.5. The molecule has 0 radical (unpaired) electrons. The summed E-state index contributed by atoms with van der Waals surface area (Å²) < 4.78 is 0. The van der Waals surface area contributed by atoms with Crippen molar-refractivity contribution in [2.24, 2.45) is 11.8 Å². The van der Waals surface area contributed by atoms with Crippen LogP contribution in [0.2, 0.25) is 0 Å². The summed E-state index contributed by atoms with van der Waals surface area (Å²) in [7, 11) is 0. The van der Waals surface area contributed by atoms with Crippen LogP contribution in [0.25, 0.3) is 0 Å². The molecule has 0 bridgehead atoms. The number of pyridine rings is 1. The van der Waals surface area contributed by atoms with Crippen LogP contribution in [0.3, 0.4) is 0 Å². The Morgan fingerprint density at radius 3 is 3.00 bits per heavy atom. The van der Waals surface area contributed by atoms with E-state index in [1.165, 1.54) is 25.7 Å². The molecule has 3 nitrogen and oxygen atoms in total. The number of rotatable bonds is 4. The molecular weight excluding hydrogens is 212 g/mol. The summed E-state index contributed by atoms with van der Waals surface area (Å²) in [6.07, 6.45) is 7.04. The topological polar surface area (TPSA) is 59.1 Å². The van der Waals surface area contributed by atoms with Crippen LogP contribution in [-0.4, -0.2) is 16.2 Å². The fraction of sp³-hybridized carbons (Fsp3) is 0.643. The fourth-order valence-electron chi connectivity index (χ4n) is 2.86. The number of anilines is 1. The van der Waals surface area contributed by atoms with Crippen molar-refractivity contribution in [3.8, 4) is 0 Å². The van der Waals surface area contributed by atoms with Crippen LogP contribution in [0.5, 0.6) is 0 Å². The van der Waals surface area contributed by atoms with Crippen LogP contribution < -0.4 is 5.73 Å². The summed E-state index contributed by atoms with van der Waals surface area (Å²) in [5.74, 6) is 1.82. The lowest BCUT2D eigenvalue weighted by Gasteiger charge is -2.18. The van der Waals surface area contributed by atoms with Crippen LogP contribution in [0.1, 0.15) is 38.2 Å². The molecule has 1 aliphatic rings. The number of aliphatic hydroxyl groups is 1. The maximum atomic E-state index is 10.2. The molecule has 0 saturated heterocycles. The van der Waals surface area contributed by atoms with E-state index in [2.05, 4.69) is 11.9 Å². The molecule has 0 aliphatic heterocycles. The summed E-state index contributed by atoms with van der Waals surface area (Å²) in [4.78, 5) is 3.97. The van der Waals surface area contributed by atoms with Crippen LogP contribution in [0.4, 0.5) is 5.82 Å². The van der Waals surface area contributed by atoms with Gasteiger partial charge in [0.2, 0.25) is 0 Å². The van der Waals surface area contributed by atoms with Gasteiger partial charge in [-0.15, -0.1) is 0 Å². The van der Waals surface area contributed by atoms with E-state index < -0.39 is 0 Å². The molecule has 1 aromatic rings. The van der Waals surface area contributed by atoms with Gasteiger partial charge in [0.05, 0.1) is 6.10 Å². The second-order valence-electron chi connectivity index (χ2n) is 5.21. The van der Waals surface area contributed by atoms with Gasteiger partial charge < -0.3 is 10.8 Å². The normalized spacial score (nSPS) is 26.0. The molecule has 1 aliphatic carbocycles. The minimum absolute atomic E-state index is 0.228. The lowest BCUT2D eigenvalue weighted by atomic mass is 9.93. The molecule has 3 atom stereocenters. The molecule has 0 spiro atoms.